The van der Waals surface area contributed by atoms with Gasteiger partial charge in [0.15, 0.2) is 0 Å². The van der Waals surface area contributed by atoms with Gasteiger partial charge < -0.3 is 10.3 Å². The zero-order valence-electron chi connectivity index (χ0n) is 12.1. The first-order chi connectivity index (χ1) is 10.3. The van der Waals surface area contributed by atoms with Crippen molar-refractivity contribution in [1.29, 1.82) is 0 Å². The van der Waals surface area contributed by atoms with Crippen molar-refractivity contribution in [3.8, 4) is 11.1 Å². The normalized spacial score (nSPS) is 17.4. The van der Waals surface area contributed by atoms with E-state index in [0.29, 0.717) is 11.8 Å². The molecule has 1 aliphatic carbocycles. The van der Waals surface area contributed by atoms with E-state index < -0.39 is 0 Å². The molecule has 2 N–H and O–H groups in total. The van der Waals surface area contributed by atoms with Crippen LogP contribution in [0.2, 0.25) is 5.02 Å². The molecule has 0 aliphatic heterocycles. The Balaban J connectivity index is 1.93. The number of hydrogen-bond acceptors (Lipinski definition) is 3. The summed E-state index contributed by atoms with van der Waals surface area (Å²) in [4.78, 5) is 0. The van der Waals surface area contributed by atoms with Gasteiger partial charge in [0.1, 0.15) is 0 Å². The molecular formula is C17H21ClN2O. The van der Waals surface area contributed by atoms with Gasteiger partial charge in [-0.15, -0.1) is 0 Å². The van der Waals surface area contributed by atoms with Gasteiger partial charge in [0, 0.05) is 10.9 Å². The van der Waals surface area contributed by atoms with Crippen LogP contribution in [0.25, 0.3) is 11.1 Å². The van der Waals surface area contributed by atoms with Crippen LogP contribution < -0.4 is 5.73 Å². The first kappa shape index (κ1) is 14.5. The van der Waals surface area contributed by atoms with Gasteiger partial charge in [-0.1, -0.05) is 61.0 Å². The molecule has 0 unspecified atom stereocenters. The Morgan fingerprint density at radius 2 is 1.62 bits per heavy atom. The van der Waals surface area contributed by atoms with Crippen LogP contribution in [0.4, 0.5) is 5.88 Å². The van der Waals surface area contributed by atoms with Crippen molar-refractivity contribution in [1.82, 2.24) is 5.16 Å². The molecule has 0 bridgehead atoms. The van der Waals surface area contributed by atoms with E-state index in [0.717, 1.165) is 21.8 Å². The van der Waals surface area contributed by atoms with Crippen LogP contribution in [0.5, 0.6) is 0 Å². The Labute approximate surface area is 130 Å². The number of rotatable bonds is 2. The van der Waals surface area contributed by atoms with Crippen molar-refractivity contribution < 1.29 is 4.52 Å². The maximum absolute atomic E-state index is 6.03. The molecule has 3 nitrogen and oxygen atoms in total. The third-order valence-corrected chi connectivity index (χ3v) is 4.62. The zero-order chi connectivity index (χ0) is 14.7. The summed E-state index contributed by atoms with van der Waals surface area (Å²) < 4.78 is 5.30. The van der Waals surface area contributed by atoms with Gasteiger partial charge in [0.2, 0.25) is 5.88 Å². The Kier molecular flexibility index (Phi) is 4.49. The Hall–Kier alpha value is -1.48. The van der Waals surface area contributed by atoms with Gasteiger partial charge in [0.25, 0.3) is 0 Å². The van der Waals surface area contributed by atoms with E-state index in [1.165, 1.54) is 44.9 Å². The number of nitrogens with two attached hydrogens (primary N) is 1. The summed E-state index contributed by atoms with van der Waals surface area (Å²) in [5.74, 6) is 0.867. The lowest BCUT2D eigenvalue weighted by atomic mass is 9.86. The SMILES string of the molecule is Nc1onc(C2CCCCCCC2)c1-c1ccc(Cl)cc1. The second-order valence-corrected chi connectivity index (χ2v) is 6.29. The molecule has 0 radical (unpaired) electrons. The van der Waals surface area contributed by atoms with Crippen LogP contribution in [-0.2, 0) is 0 Å². The number of nitrogens with zero attached hydrogens (tertiary/aromatic N) is 1. The highest BCUT2D eigenvalue weighted by molar-refractivity contribution is 6.30. The van der Waals surface area contributed by atoms with Crippen molar-refractivity contribution >= 4 is 17.5 Å². The molecule has 1 aromatic carbocycles. The quantitative estimate of drug-likeness (QED) is 0.807. The Bertz CT molecular complexity index is 583. The zero-order valence-corrected chi connectivity index (χ0v) is 12.9. The van der Waals surface area contributed by atoms with Gasteiger partial charge in [-0.3, -0.25) is 0 Å². The van der Waals surface area contributed by atoms with E-state index in [4.69, 9.17) is 21.9 Å². The third-order valence-electron chi connectivity index (χ3n) is 4.37. The molecule has 1 aliphatic rings. The summed E-state index contributed by atoms with van der Waals surface area (Å²) in [5.41, 5.74) is 9.04. The topological polar surface area (TPSA) is 52.0 Å². The van der Waals surface area contributed by atoms with Gasteiger partial charge in [-0.05, 0) is 30.5 Å². The largest absolute Gasteiger partial charge is 0.367 e. The van der Waals surface area contributed by atoms with Crippen molar-refractivity contribution in [2.45, 2.75) is 50.9 Å². The fourth-order valence-corrected chi connectivity index (χ4v) is 3.36. The molecular weight excluding hydrogens is 284 g/mol. The summed E-state index contributed by atoms with van der Waals surface area (Å²) >= 11 is 5.97. The fourth-order valence-electron chi connectivity index (χ4n) is 3.23. The van der Waals surface area contributed by atoms with Crippen molar-refractivity contribution in [3.63, 3.8) is 0 Å². The smallest absolute Gasteiger partial charge is 0.230 e. The van der Waals surface area contributed by atoms with Crippen molar-refractivity contribution in [2.75, 3.05) is 5.73 Å². The van der Waals surface area contributed by atoms with Crippen LogP contribution >= 0.6 is 11.6 Å². The maximum atomic E-state index is 6.03. The Morgan fingerprint density at radius 3 is 2.29 bits per heavy atom. The highest BCUT2D eigenvalue weighted by atomic mass is 35.5. The minimum absolute atomic E-state index is 0.411. The summed E-state index contributed by atoms with van der Waals surface area (Å²) in [6.07, 6.45) is 8.87. The van der Waals surface area contributed by atoms with Gasteiger partial charge >= 0.3 is 0 Å². The van der Waals surface area contributed by atoms with Gasteiger partial charge in [0.05, 0.1) is 11.3 Å². The standard InChI is InChI=1S/C17H21ClN2O/c18-14-10-8-12(9-11-14)15-16(20-21-17(15)19)13-6-4-2-1-3-5-7-13/h8-11,13H,1-7,19H2. The molecule has 1 heterocycles. The molecule has 4 heteroatoms. The summed E-state index contributed by atoms with van der Waals surface area (Å²) in [7, 11) is 0. The first-order valence-corrected chi connectivity index (χ1v) is 8.14. The highest BCUT2D eigenvalue weighted by Gasteiger charge is 2.24. The number of nitrogen functional groups attached to an aromatic ring is 1. The lowest BCUT2D eigenvalue weighted by Crippen LogP contribution is -2.04. The highest BCUT2D eigenvalue weighted by Crippen LogP contribution is 2.39. The van der Waals surface area contributed by atoms with Crippen LogP contribution in [0.1, 0.15) is 56.6 Å². The molecule has 2 aromatic rings. The second-order valence-electron chi connectivity index (χ2n) is 5.86. The second kappa shape index (κ2) is 6.52. The summed E-state index contributed by atoms with van der Waals surface area (Å²) in [6.45, 7) is 0. The predicted octanol–water partition coefficient (Wildman–Crippen LogP) is 5.41. The maximum Gasteiger partial charge on any atom is 0.230 e. The van der Waals surface area contributed by atoms with Crippen molar-refractivity contribution in [3.05, 3.63) is 35.0 Å². The van der Waals surface area contributed by atoms with Gasteiger partial charge in [-0.2, -0.15) is 0 Å². The summed E-state index contributed by atoms with van der Waals surface area (Å²) in [6, 6.07) is 7.73. The van der Waals surface area contributed by atoms with E-state index in [9.17, 15) is 0 Å². The average Bonchev–Trinajstić information content (AvgIpc) is 2.81. The van der Waals surface area contributed by atoms with Crippen LogP contribution in [-0.4, -0.2) is 5.16 Å². The molecule has 1 fully saturated rings. The van der Waals surface area contributed by atoms with Crippen molar-refractivity contribution in [2.24, 2.45) is 0 Å². The number of halogens is 1. The molecule has 112 valence electrons. The fraction of sp³-hybridized carbons (Fsp3) is 0.471. The number of aromatic nitrogens is 1. The minimum atomic E-state index is 0.411. The van der Waals surface area contributed by atoms with E-state index >= 15 is 0 Å². The molecule has 0 atom stereocenters. The number of hydrogen-bond donors (Lipinski definition) is 1. The molecule has 0 saturated heterocycles. The molecule has 3 rings (SSSR count). The van der Waals surface area contributed by atoms with Crippen LogP contribution in [0, 0.1) is 0 Å². The first-order valence-electron chi connectivity index (χ1n) is 7.76. The van der Waals surface area contributed by atoms with E-state index in [1.807, 2.05) is 24.3 Å². The molecule has 0 spiro atoms. The van der Waals surface area contributed by atoms with Crippen LogP contribution in [0.3, 0.4) is 0 Å². The number of benzene rings is 1. The van der Waals surface area contributed by atoms with E-state index in [-0.39, 0.29) is 0 Å². The predicted molar refractivity (Wildman–Crippen MR) is 86.4 cm³/mol. The summed E-state index contributed by atoms with van der Waals surface area (Å²) in [5, 5.41) is 5.00. The monoisotopic (exact) mass is 304 g/mol. The third kappa shape index (κ3) is 3.24. The minimum Gasteiger partial charge on any atom is -0.367 e. The molecule has 1 aromatic heterocycles. The lowest BCUT2D eigenvalue weighted by Gasteiger charge is -2.18. The lowest BCUT2D eigenvalue weighted by molar-refractivity contribution is 0.395. The number of anilines is 1. The van der Waals surface area contributed by atoms with E-state index in [1.54, 1.807) is 0 Å². The van der Waals surface area contributed by atoms with E-state index in [2.05, 4.69) is 5.16 Å². The molecule has 21 heavy (non-hydrogen) atoms. The molecule has 0 amide bonds. The average molecular weight is 305 g/mol. The van der Waals surface area contributed by atoms with Crippen LogP contribution in [0.15, 0.2) is 28.8 Å². The van der Waals surface area contributed by atoms with Gasteiger partial charge in [-0.25, -0.2) is 0 Å². The Morgan fingerprint density at radius 1 is 1.00 bits per heavy atom. The molecule has 1 saturated carbocycles.